The number of amides is 4. The van der Waals surface area contributed by atoms with Crippen molar-refractivity contribution in [2.45, 2.75) is 37.3 Å². The molecule has 0 unspecified atom stereocenters. The second-order valence-electron chi connectivity index (χ2n) is 10.3. The Labute approximate surface area is 261 Å². The lowest BCUT2D eigenvalue weighted by molar-refractivity contribution is -0.138. The van der Waals surface area contributed by atoms with Crippen LogP contribution < -0.4 is 27.8 Å². The second kappa shape index (κ2) is 16.9. The van der Waals surface area contributed by atoms with E-state index in [9.17, 15) is 45.5 Å². The zero-order chi connectivity index (χ0) is 34.7. The quantitative estimate of drug-likeness (QED) is 0.178. The number of likely N-dealkylation sites (N-methyl/N-ethyl adjacent to an activating group) is 1. The largest absolute Gasteiger partial charge is 0.416 e. The van der Waals surface area contributed by atoms with Gasteiger partial charge < -0.3 is 37.6 Å². The van der Waals surface area contributed by atoms with Crippen molar-refractivity contribution in [3.05, 3.63) is 70.8 Å². The van der Waals surface area contributed by atoms with Crippen molar-refractivity contribution in [2.75, 3.05) is 46.3 Å². The van der Waals surface area contributed by atoms with Gasteiger partial charge >= 0.3 is 12.4 Å². The van der Waals surface area contributed by atoms with Crippen LogP contribution in [0.1, 0.15) is 33.5 Å². The Morgan fingerprint density at radius 3 is 1.78 bits per heavy atom. The van der Waals surface area contributed by atoms with Crippen LogP contribution >= 0.6 is 0 Å². The Kier molecular flexibility index (Phi) is 14.0. The van der Waals surface area contributed by atoms with Crippen LogP contribution in [0.4, 0.5) is 26.3 Å². The van der Waals surface area contributed by atoms with E-state index in [0.29, 0.717) is 0 Å². The molecule has 4 amide bonds. The molecule has 0 aromatic heterocycles. The van der Waals surface area contributed by atoms with Crippen LogP contribution in [0, 0.1) is 0 Å². The number of nitrogens with one attached hydrogen (secondary N) is 2. The fraction of sp³-hybridized carbons (Fsp3) is 0.448. The molecule has 254 valence electrons. The van der Waals surface area contributed by atoms with Crippen LogP contribution in [-0.2, 0) is 33.2 Å². The minimum absolute atomic E-state index is 0.0468. The average Bonchev–Trinajstić information content (AvgIpc) is 2.99. The van der Waals surface area contributed by atoms with Crippen molar-refractivity contribution in [3.8, 4) is 0 Å². The molecule has 2 aromatic carbocycles. The van der Waals surface area contributed by atoms with Crippen molar-refractivity contribution in [3.63, 3.8) is 0 Å². The highest BCUT2D eigenvalue weighted by atomic mass is 19.4. The normalized spacial score (nSPS) is 13.0. The summed E-state index contributed by atoms with van der Waals surface area (Å²) in [4.78, 5) is 53.8. The molecule has 17 heteroatoms. The molecule has 2 atom stereocenters. The molecule has 11 nitrogen and oxygen atoms in total. The lowest BCUT2D eigenvalue weighted by Crippen LogP contribution is -2.54. The number of alkyl halides is 6. The molecule has 8 N–H and O–H groups in total. The van der Waals surface area contributed by atoms with E-state index >= 15 is 0 Å². The summed E-state index contributed by atoms with van der Waals surface area (Å²) >= 11 is 0. The van der Waals surface area contributed by atoms with Gasteiger partial charge in [0, 0.05) is 58.3 Å². The van der Waals surface area contributed by atoms with Crippen molar-refractivity contribution < 1.29 is 45.5 Å². The van der Waals surface area contributed by atoms with Crippen LogP contribution in [0.5, 0.6) is 0 Å². The van der Waals surface area contributed by atoms with E-state index < -0.39 is 65.6 Å². The van der Waals surface area contributed by atoms with Gasteiger partial charge in [-0.05, 0) is 42.0 Å². The molecular formula is C29H37F6N7O4. The summed E-state index contributed by atoms with van der Waals surface area (Å²) < 4.78 is 77.4. The van der Waals surface area contributed by atoms with Crippen molar-refractivity contribution in [1.82, 2.24) is 20.4 Å². The van der Waals surface area contributed by atoms with Crippen LogP contribution in [0.3, 0.4) is 0 Å². The molecule has 0 saturated carbocycles. The number of carbonyl (C=O) groups excluding carboxylic acids is 4. The Hall–Kier alpha value is -4.22. The molecule has 2 rings (SSSR count). The monoisotopic (exact) mass is 661 g/mol. The lowest BCUT2D eigenvalue weighted by Gasteiger charge is -2.27. The highest BCUT2D eigenvalue weighted by Gasteiger charge is 2.32. The van der Waals surface area contributed by atoms with Gasteiger partial charge in [0.1, 0.15) is 6.04 Å². The summed E-state index contributed by atoms with van der Waals surface area (Å²) in [7, 11) is 1.35. The fourth-order valence-electron chi connectivity index (χ4n) is 4.25. The Morgan fingerprint density at radius 1 is 0.804 bits per heavy atom. The highest BCUT2D eigenvalue weighted by Crippen LogP contribution is 2.30. The lowest BCUT2D eigenvalue weighted by atomic mass is 10.0. The van der Waals surface area contributed by atoms with Gasteiger partial charge in [0.2, 0.25) is 17.7 Å². The van der Waals surface area contributed by atoms with Gasteiger partial charge in [-0.15, -0.1) is 0 Å². The van der Waals surface area contributed by atoms with Crippen LogP contribution in [0.15, 0.2) is 48.5 Å². The summed E-state index contributed by atoms with van der Waals surface area (Å²) in [5, 5.41) is 4.94. The van der Waals surface area contributed by atoms with E-state index in [-0.39, 0.29) is 56.8 Å². The molecule has 0 aliphatic heterocycles. The molecule has 0 aliphatic rings. The molecular weight excluding hydrogens is 624 g/mol. The van der Waals surface area contributed by atoms with E-state index in [1.807, 2.05) is 0 Å². The van der Waals surface area contributed by atoms with E-state index in [4.69, 9.17) is 17.2 Å². The van der Waals surface area contributed by atoms with Crippen molar-refractivity contribution in [2.24, 2.45) is 17.2 Å². The number of hydrogen-bond acceptors (Lipinski definition) is 7. The molecule has 0 aliphatic carbocycles. The minimum atomic E-state index is -4.59. The predicted octanol–water partition coefficient (Wildman–Crippen LogP) is 1.10. The minimum Gasteiger partial charge on any atom is -0.350 e. The summed E-state index contributed by atoms with van der Waals surface area (Å²) in [6.07, 6.45) is -9.83. The van der Waals surface area contributed by atoms with E-state index in [0.717, 1.165) is 53.4 Å². The number of nitrogens with two attached hydrogens (primary N) is 3. The van der Waals surface area contributed by atoms with Gasteiger partial charge in [0.25, 0.3) is 5.91 Å². The summed E-state index contributed by atoms with van der Waals surface area (Å²) in [5.74, 6) is -2.75. The molecule has 0 radical (unpaired) electrons. The van der Waals surface area contributed by atoms with Crippen LogP contribution in [-0.4, -0.2) is 91.8 Å². The van der Waals surface area contributed by atoms with E-state index in [1.54, 1.807) is 0 Å². The number of nitrogens with zero attached hydrogens (tertiary/aromatic N) is 2. The zero-order valence-corrected chi connectivity index (χ0v) is 25.0. The average molecular weight is 662 g/mol. The number of carbonyl (C=O) groups is 4. The molecule has 0 heterocycles. The maximum absolute atomic E-state index is 13.4. The number of benzene rings is 2. The number of hydrogen-bond donors (Lipinski definition) is 5. The topological polar surface area (TPSA) is 177 Å². The first-order valence-electron chi connectivity index (χ1n) is 14.1. The SMILES string of the molecule is CN(CCNC(=O)c1ccc(C(F)(F)F)cc1)C(=O)[C@H](Cc1ccc(C(F)(F)F)cc1)NC(=O)[C@@H](N)CC(=O)N(CCN)CCN. The van der Waals surface area contributed by atoms with Crippen molar-refractivity contribution in [1.29, 1.82) is 0 Å². The van der Waals surface area contributed by atoms with Gasteiger partial charge in [-0.2, -0.15) is 26.3 Å². The molecule has 2 aromatic rings. The molecule has 0 saturated heterocycles. The molecule has 0 fully saturated rings. The van der Waals surface area contributed by atoms with E-state index in [1.165, 1.54) is 11.9 Å². The second-order valence-corrected chi connectivity index (χ2v) is 10.3. The first kappa shape index (κ1) is 38.0. The smallest absolute Gasteiger partial charge is 0.350 e. The van der Waals surface area contributed by atoms with Gasteiger partial charge in [-0.25, -0.2) is 0 Å². The third-order valence-electron chi connectivity index (χ3n) is 6.80. The van der Waals surface area contributed by atoms with Gasteiger partial charge in [0.15, 0.2) is 0 Å². The maximum Gasteiger partial charge on any atom is 0.416 e. The number of rotatable bonds is 15. The summed E-state index contributed by atoms with van der Waals surface area (Å²) in [6, 6.07) is 4.76. The Morgan fingerprint density at radius 2 is 1.30 bits per heavy atom. The zero-order valence-electron chi connectivity index (χ0n) is 25.0. The Balaban J connectivity index is 2.12. The molecule has 46 heavy (non-hydrogen) atoms. The summed E-state index contributed by atoms with van der Waals surface area (Å²) in [5.41, 5.74) is 15.4. The third-order valence-corrected chi connectivity index (χ3v) is 6.80. The molecule has 0 spiro atoms. The highest BCUT2D eigenvalue weighted by molar-refractivity contribution is 5.94. The van der Waals surface area contributed by atoms with Crippen molar-refractivity contribution >= 4 is 23.6 Å². The predicted molar refractivity (Wildman–Crippen MR) is 156 cm³/mol. The fourth-order valence-corrected chi connectivity index (χ4v) is 4.25. The maximum atomic E-state index is 13.4. The first-order valence-corrected chi connectivity index (χ1v) is 14.1. The van der Waals surface area contributed by atoms with Gasteiger partial charge in [-0.1, -0.05) is 12.1 Å². The molecule has 0 bridgehead atoms. The van der Waals surface area contributed by atoms with Gasteiger partial charge in [-0.3, -0.25) is 19.2 Å². The van der Waals surface area contributed by atoms with E-state index in [2.05, 4.69) is 10.6 Å². The van der Waals surface area contributed by atoms with Crippen LogP contribution in [0.25, 0.3) is 0 Å². The summed E-state index contributed by atoms with van der Waals surface area (Å²) in [6.45, 7) is 0.415. The first-order chi connectivity index (χ1) is 21.5. The van der Waals surface area contributed by atoms with Crippen LogP contribution in [0.2, 0.25) is 0 Å². The third kappa shape index (κ3) is 11.6. The van der Waals surface area contributed by atoms with Gasteiger partial charge in [0.05, 0.1) is 23.6 Å². The number of halogens is 6. The Bertz CT molecular complexity index is 1320. The standard InChI is InChI=1S/C29H37F6N7O4/c1-41(15-12-39-25(44)19-4-8-21(9-5-19)29(33,34)35)27(46)23(16-18-2-6-20(7-3-18)28(30,31)32)40-26(45)22(38)17-24(43)42(13-10-36)14-11-37/h2-9,22-23H,10-17,36-38H2,1H3,(H,39,44)(H,40,45)/t22-,23-/m0/s1.